The summed E-state index contributed by atoms with van der Waals surface area (Å²) in [6, 6.07) is 9.30. The lowest BCUT2D eigenvalue weighted by atomic mass is 10.1. The van der Waals surface area contributed by atoms with E-state index in [0.717, 1.165) is 0 Å². The average molecular weight is 370 g/mol. The van der Waals surface area contributed by atoms with Crippen LogP contribution in [-0.4, -0.2) is 24.5 Å². The van der Waals surface area contributed by atoms with Gasteiger partial charge >= 0.3 is 12.6 Å². The van der Waals surface area contributed by atoms with Crippen LogP contribution >= 0.6 is 11.6 Å². The Morgan fingerprint density at radius 2 is 1.68 bits per heavy atom. The van der Waals surface area contributed by atoms with Crippen LogP contribution in [0.25, 0.3) is 0 Å². The van der Waals surface area contributed by atoms with Gasteiger partial charge in [0, 0.05) is 5.56 Å². The molecule has 0 aromatic heterocycles. The highest BCUT2D eigenvalue weighted by Crippen LogP contribution is 2.21. The highest BCUT2D eigenvalue weighted by Gasteiger charge is 2.21. The van der Waals surface area contributed by atoms with E-state index < -0.39 is 24.5 Å². The molecule has 0 aliphatic rings. The van der Waals surface area contributed by atoms with Crippen LogP contribution in [-0.2, 0) is 4.74 Å². The molecule has 2 N–H and O–H groups in total. The number of rotatable bonds is 6. The molecule has 0 saturated carbocycles. The number of esters is 1. The molecular formula is C17H14ClF2NO4. The van der Waals surface area contributed by atoms with Crippen molar-refractivity contribution >= 4 is 29.0 Å². The van der Waals surface area contributed by atoms with Crippen molar-refractivity contribution in [1.82, 2.24) is 0 Å². The third kappa shape index (κ3) is 4.90. The number of nitrogens with two attached hydrogens (primary N) is 1. The third-order valence-corrected chi connectivity index (χ3v) is 3.59. The molecule has 0 fully saturated rings. The Labute approximate surface area is 147 Å². The molecule has 0 bridgehead atoms. The Kier molecular flexibility index (Phi) is 5.93. The molecule has 2 rings (SSSR count). The number of nitrogen functional groups attached to an aromatic ring is 1. The number of carbonyl (C=O) groups excluding carboxylic acids is 2. The zero-order valence-electron chi connectivity index (χ0n) is 13.0. The van der Waals surface area contributed by atoms with Crippen molar-refractivity contribution in [3.8, 4) is 5.75 Å². The fourth-order valence-corrected chi connectivity index (χ4v) is 2.11. The smallest absolute Gasteiger partial charge is 0.387 e. The molecular weight excluding hydrogens is 356 g/mol. The lowest BCUT2D eigenvalue weighted by Crippen LogP contribution is -2.24. The van der Waals surface area contributed by atoms with Crippen LogP contribution < -0.4 is 10.5 Å². The van der Waals surface area contributed by atoms with Gasteiger partial charge in [0.05, 0.1) is 16.3 Å². The van der Waals surface area contributed by atoms with E-state index in [-0.39, 0.29) is 22.6 Å². The van der Waals surface area contributed by atoms with Gasteiger partial charge in [0.15, 0.2) is 6.10 Å². The van der Waals surface area contributed by atoms with E-state index in [9.17, 15) is 18.4 Å². The van der Waals surface area contributed by atoms with Crippen molar-refractivity contribution in [2.75, 3.05) is 5.73 Å². The normalized spacial score (nSPS) is 11.9. The number of alkyl halides is 2. The first-order chi connectivity index (χ1) is 11.8. The van der Waals surface area contributed by atoms with Crippen LogP contribution in [0.3, 0.4) is 0 Å². The van der Waals surface area contributed by atoms with Crippen LogP contribution in [0.2, 0.25) is 5.02 Å². The van der Waals surface area contributed by atoms with Gasteiger partial charge in [0.2, 0.25) is 5.78 Å². The van der Waals surface area contributed by atoms with Gasteiger partial charge in [-0.05, 0) is 49.4 Å². The SMILES string of the molecule is C[C@@H](OC(=O)c1ccc(Cl)c(N)c1)C(=O)c1ccc(OC(F)F)cc1. The Morgan fingerprint density at radius 3 is 2.24 bits per heavy atom. The molecule has 0 aliphatic heterocycles. The molecule has 0 aliphatic carbocycles. The summed E-state index contributed by atoms with van der Waals surface area (Å²) in [5.74, 6) is -1.30. The van der Waals surface area contributed by atoms with Crippen LogP contribution in [0.5, 0.6) is 5.75 Å². The van der Waals surface area contributed by atoms with E-state index >= 15 is 0 Å². The molecule has 132 valence electrons. The Bertz CT molecular complexity index is 781. The highest BCUT2D eigenvalue weighted by atomic mass is 35.5. The lowest BCUT2D eigenvalue weighted by molar-refractivity contribution is -0.0498. The van der Waals surface area contributed by atoms with Crippen molar-refractivity contribution in [2.24, 2.45) is 0 Å². The van der Waals surface area contributed by atoms with Gasteiger partial charge in [0.25, 0.3) is 0 Å². The Balaban J connectivity index is 2.04. The second-order valence-corrected chi connectivity index (χ2v) is 5.46. The molecule has 0 heterocycles. The maximum Gasteiger partial charge on any atom is 0.387 e. The molecule has 2 aromatic rings. The largest absolute Gasteiger partial charge is 0.451 e. The van der Waals surface area contributed by atoms with E-state index in [1.54, 1.807) is 0 Å². The van der Waals surface area contributed by atoms with E-state index in [1.807, 2.05) is 0 Å². The minimum absolute atomic E-state index is 0.0761. The van der Waals surface area contributed by atoms with Gasteiger partial charge in [-0.25, -0.2) is 4.79 Å². The summed E-state index contributed by atoms with van der Waals surface area (Å²) in [6.07, 6.45) is -1.08. The molecule has 0 unspecified atom stereocenters. The van der Waals surface area contributed by atoms with Gasteiger partial charge < -0.3 is 15.2 Å². The minimum Gasteiger partial charge on any atom is -0.451 e. The monoisotopic (exact) mass is 369 g/mol. The zero-order valence-corrected chi connectivity index (χ0v) is 13.8. The number of ether oxygens (including phenoxy) is 2. The van der Waals surface area contributed by atoms with E-state index in [2.05, 4.69) is 4.74 Å². The number of hydrogen-bond acceptors (Lipinski definition) is 5. The molecule has 0 spiro atoms. The number of Topliss-reactive ketones (excluding diaryl/α,β-unsaturated/α-hetero) is 1. The summed E-state index contributed by atoms with van der Waals surface area (Å²) in [5.41, 5.74) is 6.18. The van der Waals surface area contributed by atoms with Crippen molar-refractivity contribution in [3.05, 3.63) is 58.6 Å². The minimum atomic E-state index is -2.95. The summed E-state index contributed by atoms with van der Waals surface area (Å²) in [4.78, 5) is 24.3. The molecule has 0 saturated heterocycles. The fourth-order valence-electron chi connectivity index (χ4n) is 1.99. The van der Waals surface area contributed by atoms with Gasteiger partial charge in [-0.2, -0.15) is 8.78 Å². The first-order valence-electron chi connectivity index (χ1n) is 7.13. The molecule has 5 nitrogen and oxygen atoms in total. The van der Waals surface area contributed by atoms with Crippen molar-refractivity contribution in [1.29, 1.82) is 0 Å². The topological polar surface area (TPSA) is 78.6 Å². The first-order valence-corrected chi connectivity index (χ1v) is 7.51. The van der Waals surface area contributed by atoms with Crippen LogP contribution in [0.1, 0.15) is 27.6 Å². The predicted octanol–water partition coefficient (Wildman–Crippen LogP) is 3.95. The second-order valence-electron chi connectivity index (χ2n) is 5.05. The molecule has 1 atom stereocenters. The van der Waals surface area contributed by atoms with E-state index in [4.69, 9.17) is 22.1 Å². The Hall–Kier alpha value is -2.67. The third-order valence-electron chi connectivity index (χ3n) is 3.25. The number of ketones is 1. The zero-order chi connectivity index (χ0) is 18.6. The quantitative estimate of drug-likeness (QED) is 0.474. The van der Waals surface area contributed by atoms with Gasteiger partial charge in [-0.1, -0.05) is 11.6 Å². The van der Waals surface area contributed by atoms with E-state index in [1.165, 1.54) is 49.4 Å². The lowest BCUT2D eigenvalue weighted by Gasteiger charge is -2.13. The van der Waals surface area contributed by atoms with Crippen molar-refractivity contribution in [2.45, 2.75) is 19.6 Å². The predicted molar refractivity (Wildman–Crippen MR) is 88.1 cm³/mol. The van der Waals surface area contributed by atoms with Gasteiger partial charge in [-0.3, -0.25) is 4.79 Å². The summed E-state index contributed by atoms with van der Waals surface area (Å²) in [5, 5.41) is 0.298. The Morgan fingerprint density at radius 1 is 1.08 bits per heavy atom. The summed E-state index contributed by atoms with van der Waals surface area (Å²) in [7, 11) is 0. The molecule has 2 aromatic carbocycles. The van der Waals surface area contributed by atoms with Gasteiger partial charge in [0.1, 0.15) is 5.75 Å². The highest BCUT2D eigenvalue weighted by molar-refractivity contribution is 6.33. The number of benzene rings is 2. The van der Waals surface area contributed by atoms with Crippen LogP contribution in [0.15, 0.2) is 42.5 Å². The molecule has 25 heavy (non-hydrogen) atoms. The van der Waals surface area contributed by atoms with E-state index in [0.29, 0.717) is 5.02 Å². The number of carbonyl (C=O) groups is 2. The standard InChI is InChI=1S/C17H14ClF2NO4/c1-9(24-16(23)11-4-7-13(18)14(21)8-11)15(22)10-2-5-12(6-3-10)25-17(19)20/h2-9,17H,21H2,1H3/t9-/m1/s1. The molecule has 0 radical (unpaired) electrons. The number of halogens is 3. The summed E-state index contributed by atoms with van der Waals surface area (Å²) in [6.45, 7) is -1.54. The average Bonchev–Trinajstić information content (AvgIpc) is 2.56. The molecule has 8 heteroatoms. The maximum absolute atomic E-state index is 12.3. The maximum atomic E-state index is 12.3. The van der Waals surface area contributed by atoms with Crippen molar-refractivity contribution in [3.63, 3.8) is 0 Å². The van der Waals surface area contributed by atoms with Gasteiger partial charge in [-0.15, -0.1) is 0 Å². The number of anilines is 1. The summed E-state index contributed by atoms with van der Waals surface area (Å²) >= 11 is 5.78. The molecule has 0 amide bonds. The first kappa shape index (κ1) is 18.7. The van der Waals surface area contributed by atoms with Crippen molar-refractivity contribution < 1.29 is 27.8 Å². The van der Waals surface area contributed by atoms with Crippen LogP contribution in [0.4, 0.5) is 14.5 Å². The summed E-state index contributed by atoms with van der Waals surface area (Å²) < 4.78 is 33.5. The fraction of sp³-hybridized carbons (Fsp3) is 0.176. The number of hydrogen-bond donors (Lipinski definition) is 1. The van der Waals surface area contributed by atoms with Crippen LogP contribution in [0, 0.1) is 0 Å². The second kappa shape index (κ2) is 7.94.